The van der Waals surface area contributed by atoms with Crippen LogP contribution in [-0.2, 0) is 0 Å². The maximum atomic E-state index is 10.3. The highest BCUT2D eigenvalue weighted by atomic mass is 16.6. The van der Waals surface area contributed by atoms with Crippen molar-refractivity contribution in [3.05, 3.63) is 28.1 Å². The molecule has 0 amide bonds. The second-order valence-electron chi connectivity index (χ2n) is 1.80. The summed E-state index contributed by atoms with van der Waals surface area (Å²) in [5.41, 5.74) is -0.392. The van der Waals surface area contributed by atoms with E-state index in [0.717, 1.165) is 12.3 Å². The summed E-state index contributed by atoms with van der Waals surface area (Å²) in [6, 6.07) is 1.08. The van der Waals surface area contributed by atoms with Crippen molar-refractivity contribution in [2.45, 2.75) is 0 Å². The van der Waals surface area contributed by atoms with Crippen molar-refractivity contribution in [1.82, 2.24) is 9.97 Å². The molecule has 0 aliphatic rings. The number of aromatic carboxylic acids is 1. The number of hydrogen-bond acceptors (Lipinski definition) is 5. The third-order valence-electron chi connectivity index (χ3n) is 1.03. The van der Waals surface area contributed by atoms with Gasteiger partial charge in [0.05, 0.1) is 0 Å². The molecular formula is C5H3N3O4. The van der Waals surface area contributed by atoms with Gasteiger partial charge in [0, 0.05) is 6.07 Å². The first-order valence-corrected chi connectivity index (χ1v) is 2.82. The number of nitro groups is 1. The third kappa shape index (κ3) is 1.51. The van der Waals surface area contributed by atoms with Gasteiger partial charge in [0.2, 0.25) is 5.69 Å². The molecule has 1 N–H and O–H groups in total. The Morgan fingerprint density at radius 2 is 2.33 bits per heavy atom. The number of carbonyl (C=O) groups is 1. The normalized spacial score (nSPS) is 9.33. The lowest BCUT2D eigenvalue weighted by molar-refractivity contribution is -0.394. The molecule has 0 bridgehead atoms. The summed E-state index contributed by atoms with van der Waals surface area (Å²) in [5.74, 6) is -2.03. The van der Waals surface area contributed by atoms with Crippen molar-refractivity contribution < 1.29 is 14.8 Å². The first-order valence-electron chi connectivity index (χ1n) is 2.82. The largest absolute Gasteiger partial charge is 0.475 e. The fourth-order valence-corrected chi connectivity index (χ4v) is 0.555. The second-order valence-corrected chi connectivity index (χ2v) is 1.80. The fraction of sp³-hybridized carbons (Fsp3) is 0. The van der Waals surface area contributed by atoms with Gasteiger partial charge in [-0.2, -0.15) is 0 Å². The maximum absolute atomic E-state index is 10.3. The SMILES string of the molecule is O=C(O)c1ccnc([N+](=O)[O-])n1. The molecular weight excluding hydrogens is 166 g/mol. The average molecular weight is 169 g/mol. The zero-order chi connectivity index (χ0) is 9.14. The Hall–Kier alpha value is -2.05. The molecule has 0 saturated heterocycles. The third-order valence-corrected chi connectivity index (χ3v) is 1.03. The van der Waals surface area contributed by atoms with Crippen molar-refractivity contribution in [1.29, 1.82) is 0 Å². The minimum Gasteiger partial charge on any atom is -0.475 e. The van der Waals surface area contributed by atoms with E-state index in [1.54, 1.807) is 0 Å². The molecule has 1 rings (SSSR count). The number of rotatable bonds is 2. The minimum absolute atomic E-state index is 0.392. The van der Waals surface area contributed by atoms with Crippen LogP contribution in [0.25, 0.3) is 0 Å². The van der Waals surface area contributed by atoms with Crippen LogP contribution in [0.15, 0.2) is 12.3 Å². The highest BCUT2D eigenvalue weighted by molar-refractivity contribution is 5.85. The van der Waals surface area contributed by atoms with Crippen LogP contribution in [-0.4, -0.2) is 26.0 Å². The van der Waals surface area contributed by atoms with Gasteiger partial charge in [-0.1, -0.05) is 9.97 Å². The van der Waals surface area contributed by atoms with Crippen molar-refractivity contribution >= 4 is 11.9 Å². The molecule has 0 aliphatic carbocycles. The average Bonchev–Trinajstić information content (AvgIpc) is 2.04. The Kier molecular flexibility index (Phi) is 1.95. The van der Waals surface area contributed by atoms with Gasteiger partial charge in [0.25, 0.3) is 0 Å². The lowest BCUT2D eigenvalue weighted by Crippen LogP contribution is -2.04. The summed E-state index contributed by atoms with van der Waals surface area (Å²) in [7, 11) is 0. The summed E-state index contributed by atoms with van der Waals surface area (Å²) in [6.07, 6.45) is 1.02. The Bertz CT molecular complexity index is 308. The highest BCUT2D eigenvalue weighted by Gasteiger charge is 2.15. The summed E-state index contributed by atoms with van der Waals surface area (Å²) < 4.78 is 0. The Morgan fingerprint density at radius 1 is 1.67 bits per heavy atom. The lowest BCUT2D eigenvalue weighted by atomic mass is 10.4. The van der Waals surface area contributed by atoms with Gasteiger partial charge in [-0.15, -0.1) is 0 Å². The summed E-state index contributed by atoms with van der Waals surface area (Å²) in [5, 5.41) is 18.4. The Morgan fingerprint density at radius 3 is 2.83 bits per heavy atom. The van der Waals surface area contributed by atoms with Crippen molar-refractivity contribution in [2.75, 3.05) is 0 Å². The number of hydrogen-bond donors (Lipinski definition) is 1. The summed E-state index contributed by atoms with van der Waals surface area (Å²) >= 11 is 0. The first kappa shape index (κ1) is 8.05. The van der Waals surface area contributed by atoms with Crippen molar-refractivity contribution in [3.63, 3.8) is 0 Å². The molecule has 0 aliphatic heterocycles. The van der Waals surface area contributed by atoms with Gasteiger partial charge >= 0.3 is 11.9 Å². The highest BCUT2D eigenvalue weighted by Crippen LogP contribution is 2.02. The van der Waals surface area contributed by atoms with Crippen LogP contribution in [0.4, 0.5) is 5.95 Å². The fourth-order valence-electron chi connectivity index (χ4n) is 0.555. The van der Waals surface area contributed by atoms with Gasteiger partial charge in [0.1, 0.15) is 6.20 Å². The number of carboxylic acids is 1. The molecule has 1 aromatic rings. The smallest absolute Gasteiger partial charge is 0.469 e. The standard InChI is InChI=1S/C5H3N3O4/c9-4(10)3-1-2-6-5(7-3)8(11)12/h1-2H,(H,9,10). The second kappa shape index (κ2) is 2.91. The van der Waals surface area contributed by atoms with Gasteiger partial charge in [-0.05, 0) is 4.92 Å². The van der Waals surface area contributed by atoms with Crippen molar-refractivity contribution in [2.24, 2.45) is 0 Å². The van der Waals surface area contributed by atoms with E-state index in [1.165, 1.54) is 0 Å². The zero-order valence-corrected chi connectivity index (χ0v) is 5.67. The Balaban J connectivity index is 3.12. The van der Waals surface area contributed by atoms with Gasteiger partial charge in [-0.25, -0.2) is 4.79 Å². The molecule has 0 unspecified atom stereocenters. The summed E-state index contributed by atoms with van der Waals surface area (Å²) in [4.78, 5) is 25.9. The predicted molar refractivity (Wildman–Crippen MR) is 35.6 cm³/mol. The molecule has 1 heterocycles. The van der Waals surface area contributed by atoms with Crippen LogP contribution in [0.2, 0.25) is 0 Å². The number of aromatic nitrogens is 2. The van der Waals surface area contributed by atoms with Crippen LogP contribution >= 0.6 is 0 Å². The maximum Gasteiger partial charge on any atom is 0.469 e. The number of carboxylic acid groups (broad SMARTS) is 1. The van der Waals surface area contributed by atoms with E-state index in [4.69, 9.17) is 5.11 Å². The van der Waals surface area contributed by atoms with Crippen LogP contribution < -0.4 is 0 Å². The molecule has 0 saturated carbocycles. The topological polar surface area (TPSA) is 106 Å². The van der Waals surface area contributed by atoms with E-state index in [9.17, 15) is 14.9 Å². The number of nitrogens with zero attached hydrogens (tertiary/aromatic N) is 3. The molecule has 0 spiro atoms. The molecule has 7 heteroatoms. The molecule has 62 valence electrons. The molecule has 0 aromatic carbocycles. The van der Waals surface area contributed by atoms with Crippen LogP contribution in [0.5, 0.6) is 0 Å². The van der Waals surface area contributed by atoms with Crippen molar-refractivity contribution in [3.8, 4) is 0 Å². The van der Waals surface area contributed by atoms with E-state index in [0.29, 0.717) is 0 Å². The van der Waals surface area contributed by atoms with E-state index in [1.807, 2.05) is 0 Å². The Labute approximate surface area is 65.8 Å². The van der Waals surface area contributed by atoms with E-state index in [2.05, 4.69) is 9.97 Å². The van der Waals surface area contributed by atoms with Gasteiger partial charge < -0.3 is 15.2 Å². The monoisotopic (exact) mass is 169 g/mol. The first-order chi connectivity index (χ1) is 5.61. The molecule has 0 radical (unpaired) electrons. The van der Waals surface area contributed by atoms with E-state index < -0.39 is 22.5 Å². The van der Waals surface area contributed by atoms with Crippen LogP contribution in [0.3, 0.4) is 0 Å². The molecule has 7 nitrogen and oxygen atoms in total. The molecule has 0 atom stereocenters. The van der Waals surface area contributed by atoms with Crippen LogP contribution in [0, 0.1) is 10.1 Å². The van der Waals surface area contributed by atoms with Gasteiger partial charge in [-0.3, -0.25) is 0 Å². The lowest BCUT2D eigenvalue weighted by Gasteiger charge is -1.90. The predicted octanol–water partition coefficient (Wildman–Crippen LogP) is 0.0830. The molecule has 1 aromatic heterocycles. The van der Waals surface area contributed by atoms with E-state index >= 15 is 0 Å². The van der Waals surface area contributed by atoms with E-state index in [-0.39, 0.29) is 0 Å². The minimum atomic E-state index is -1.32. The van der Waals surface area contributed by atoms with Gasteiger partial charge in [0.15, 0.2) is 0 Å². The molecule has 12 heavy (non-hydrogen) atoms. The van der Waals surface area contributed by atoms with Crippen LogP contribution in [0.1, 0.15) is 10.5 Å². The quantitative estimate of drug-likeness (QED) is 0.496. The zero-order valence-electron chi connectivity index (χ0n) is 5.67. The summed E-state index contributed by atoms with van der Waals surface area (Å²) in [6.45, 7) is 0. The molecule has 0 fully saturated rings.